The van der Waals surface area contributed by atoms with Gasteiger partial charge in [-0.2, -0.15) is 0 Å². The Morgan fingerprint density at radius 1 is 0.623 bits per heavy atom. The first-order chi connectivity index (χ1) is 28.5. The van der Waals surface area contributed by atoms with Crippen molar-refractivity contribution in [2.45, 2.75) is 179 Å². The number of benzene rings is 2. The van der Waals surface area contributed by atoms with Crippen molar-refractivity contribution in [3.63, 3.8) is 0 Å². The zero-order valence-electron chi connectivity index (χ0n) is 40.5. The van der Waals surface area contributed by atoms with Gasteiger partial charge in [-0.25, -0.2) is 0 Å². The summed E-state index contributed by atoms with van der Waals surface area (Å²) in [6.07, 6.45) is 31.1. The molecule has 0 N–H and O–H groups in total. The second kappa shape index (κ2) is 36.1. The van der Waals surface area contributed by atoms with E-state index in [1.54, 1.807) is 6.08 Å². The van der Waals surface area contributed by atoms with Gasteiger partial charge in [0.05, 0.1) is 0 Å². The number of aryl methyl sites for hydroxylation is 2. The van der Waals surface area contributed by atoms with Gasteiger partial charge in [0.25, 0.3) is 0 Å². The van der Waals surface area contributed by atoms with Crippen LogP contribution in [0.2, 0.25) is 0 Å². The molecular formula is C58H96Cl2Zr. The van der Waals surface area contributed by atoms with E-state index in [1.165, 1.54) is 112 Å². The Bertz CT molecular complexity index is 1310. The van der Waals surface area contributed by atoms with Crippen molar-refractivity contribution in [3.05, 3.63) is 123 Å². The monoisotopic (exact) mass is 953 g/mol. The summed E-state index contributed by atoms with van der Waals surface area (Å²) in [7, 11) is 9.87. The summed E-state index contributed by atoms with van der Waals surface area (Å²) in [5, 5.41) is 0. The fourth-order valence-corrected chi connectivity index (χ4v) is 9.98. The van der Waals surface area contributed by atoms with E-state index in [2.05, 4.69) is 144 Å². The SMILES string of the molecule is C.C=CC.C=CCCc1ccc(C=C)cc1.C=Cc1ccc(CCC(C)C)cc1.CC(C)(C)C1CCC2CCCCC21.CC(C)(C)C1CCC2CCCCC21.[CH2-]C[CH2-].[Cl][Zr+2][Cl]. The van der Waals surface area contributed by atoms with E-state index >= 15 is 0 Å². The van der Waals surface area contributed by atoms with Gasteiger partial charge in [0.1, 0.15) is 0 Å². The van der Waals surface area contributed by atoms with Crippen LogP contribution in [0, 0.1) is 66.1 Å². The fourth-order valence-electron chi connectivity index (χ4n) is 9.98. The standard InChI is InChI=1S/2C13H24.C13H18.C12H14.2C3H6.CH4.2ClH.Zr/c2*1-13(2,3)12-9-8-10-6-4-5-7-11(10)12;1-4-12-7-9-13(10-8-12)6-5-11(2)3;1-3-5-6-12-9-7-11(4-2)8-10-12;2*1-3-2;;;;/h2*10-12H,4-9H2,1-3H3;4,7-11H,1,5-6H2,2-3H3;3-4,7-10H,1-2,5-6H2;3H,1H2,2H3;1-3H2;1H4;2*1H;/q;;;;;-2;;;;+4/p-2. The molecule has 0 spiro atoms. The molecular weight excluding hydrogens is 859 g/mol. The Balaban J connectivity index is 0. The topological polar surface area (TPSA) is 0 Å². The summed E-state index contributed by atoms with van der Waals surface area (Å²) in [4.78, 5) is 0. The van der Waals surface area contributed by atoms with Crippen LogP contribution in [-0.4, -0.2) is 0 Å². The van der Waals surface area contributed by atoms with Crippen molar-refractivity contribution in [3.8, 4) is 0 Å². The van der Waals surface area contributed by atoms with Crippen LogP contribution in [-0.2, 0) is 33.7 Å². The molecule has 4 aliphatic rings. The molecule has 3 heteroatoms. The average molecular weight is 956 g/mol. The number of rotatable bonds is 8. The molecule has 2 aromatic carbocycles. The van der Waals surface area contributed by atoms with Crippen LogP contribution in [0.4, 0.5) is 0 Å². The number of hydrogen-bond acceptors (Lipinski definition) is 0. The Hall–Kier alpha value is -1.14. The number of hydrogen-bond donors (Lipinski definition) is 0. The Labute approximate surface area is 401 Å². The summed E-state index contributed by atoms with van der Waals surface area (Å²) >= 11 is -0.826. The molecule has 61 heavy (non-hydrogen) atoms. The molecule has 0 amide bonds. The van der Waals surface area contributed by atoms with Gasteiger partial charge in [-0.05, 0) is 146 Å². The zero-order valence-corrected chi connectivity index (χ0v) is 44.5. The molecule has 4 aliphatic carbocycles. The van der Waals surface area contributed by atoms with Crippen molar-refractivity contribution >= 4 is 29.2 Å². The third-order valence-electron chi connectivity index (χ3n) is 13.0. The van der Waals surface area contributed by atoms with Gasteiger partial charge in [-0.1, -0.05) is 187 Å². The minimum atomic E-state index is -0.826. The van der Waals surface area contributed by atoms with Crippen LogP contribution in [0.25, 0.3) is 12.2 Å². The first-order valence-electron chi connectivity index (χ1n) is 23.7. The van der Waals surface area contributed by atoms with Crippen LogP contribution in [0.5, 0.6) is 0 Å². The summed E-state index contributed by atoms with van der Waals surface area (Å²) in [5.41, 5.74) is 6.30. The molecule has 6 atom stereocenters. The molecule has 0 bridgehead atoms. The quantitative estimate of drug-likeness (QED) is 0.183. The molecule has 0 aliphatic heterocycles. The zero-order chi connectivity index (χ0) is 45.6. The summed E-state index contributed by atoms with van der Waals surface area (Å²) < 4.78 is 0. The van der Waals surface area contributed by atoms with Crippen molar-refractivity contribution in [1.82, 2.24) is 0 Å². The van der Waals surface area contributed by atoms with Crippen LogP contribution < -0.4 is 0 Å². The van der Waals surface area contributed by atoms with Crippen molar-refractivity contribution < 1.29 is 20.8 Å². The van der Waals surface area contributed by atoms with E-state index < -0.39 is 20.8 Å². The van der Waals surface area contributed by atoms with E-state index in [0.29, 0.717) is 10.8 Å². The molecule has 6 rings (SSSR count). The predicted molar refractivity (Wildman–Crippen MR) is 280 cm³/mol. The Morgan fingerprint density at radius 2 is 0.951 bits per heavy atom. The third-order valence-corrected chi connectivity index (χ3v) is 13.0. The molecule has 4 fully saturated rings. The number of allylic oxidation sites excluding steroid dienone is 2. The van der Waals surface area contributed by atoms with Crippen molar-refractivity contribution in [1.29, 1.82) is 0 Å². The first kappa shape index (κ1) is 62.0. The van der Waals surface area contributed by atoms with Gasteiger partial charge < -0.3 is 20.3 Å². The second-order valence-electron chi connectivity index (χ2n) is 20.0. The van der Waals surface area contributed by atoms with Gasteiger partial charge in [0, 0.05) is 0 Å². The Morgan fingerprint density at radius 3 is 1.25 bits per heavy atom. The number of halogens is 2. The van der Waals surface area contributed by atoms with E-state index in [4.69, 9.17) is 17.0 Å². The van der Waals surface area contributed by atoms with Crippen molar-refractivity contribution in [2.75, 3.05) is 0 Å². The van der Waals surface area contributed by atoms with E-state index in [-0.39, 0.29) is 7.43 Å². The van der Waals surface area contributed by atoms with Crippen LogP contribution in [0.15, 0.2) is 87.0 Å². The fraction of sp³-hybridized carbons (Fsp3) is 0.621. The minimum absolute atomic E-state index is 0. The van der Waals surface area contributed by atoms with Gasteiger partial charge in [0.2, 0.25) is 0 Å². The van der Waals surface area contributed by atoms with Gasteiger partial charge in [0.15, 0.2) is 0 Å². The Kier molecular flexibility index (Phi) is 36.7. The predicted octanol–water partition coefficient (Wildman–Crippen LogP) is 20.1. The average Bonchev–Trinajstić information content (AvgIpc) is 3.87. The molecule has 0 nitrogen and oxygen atoms in total. The molecule has 0 radical (unpaired) electrons. The van der Waals surface area contributed by atoms with E-state index in [0.717, 1.165) is 60.7 Å². The summed E-state index contributed by atoms with van der Waals surface area (Å²) in [5.74, 6) is 7.24. The molecule has 0 heterocycles. The molecule has 2 aromatic rings. The molecule has 0 aromatic heterocycles. The van der Waals surface area contributed by atoms with Gasteiger partial charge in [-0.3, -0.25) is 0 Å². The van der Waals surface area contributed by atoms with Crippen LogP contribution in [0.1, 0.15) is 188 Å². The first-order valence-corrected chi connectivity index (χ1v) is 30.0. The van der Waals surface area contributed by atoms with E-state index in [1.807, 2.05) is 25.2 Å². The van der Waals surface area contributed by atoms with Crippen LogP contribution >= 0.6 is 17.0 Å². The number of fused-ring (bicyclic) bond motifs is 2. The molecule has 346 valence electrons. The molecule has 4 saturated carbocycles. The maximum absolute atomic E-state index is 4.93. The summed E-state index contributed by atoms with van der Waals surface area (Å²) in [6.45, 7) is 42.3. The third kappa shape index (κ3) is 27.1. The normalized spacial score (nSPS) is 21.9. The molecule has 0 saturated heterocycles. The molecule has 6 unspecified atom stereocenters. The van der Waals surface area contributed by atoms with Gasteiger partial charge >= 0.3 is 37.9 Å². The van der Waals surface area contributed by atoms with Crippen LogP contribution in [0.3, 0.4) is 0 Å². The second-order valence-corrected chi connectivity index (χ2v) is 23.7. The van der Waals surface area contributed by atoms with Crippen molar-refractivity contribution in [2.24, 2.45) is 52.3 Å². The maximum atomic E-state index is 4.93. The van der Waals surface area contributed by atoms with E-state index in [9.17, 15) is 0 Å². The van der Waals surface area contributed by atoms with Gasteiger partial charge in [-0.15, -0.1) is 13.2 Å². The summed E-state index contributed by atoms with van der Waals surface area (Å²) in [6, 6.07) is 17.1.